The van der Waals surface area contributed by atoms with E-state index in [9.17, 15) is 4.79 Å². The number of anilines is 1. The Hall–Kier alpha value is -1.59. The van der Waals surface area contributed by atoms with Crippen molar-refractivity contribution < 1.29 is 14.3 Å². The normalized spacial score (nSPS) is 19.1. The molecule has 0 aliphatic carbocycles. The molecule has 0 radical (unpaired) electrons. The molecular weight excluding hydrogens is 256 g/mol. The molecule has 2 heterocycles. The number of rotatable bonds is 4. The minimum Gasteiger partial charge on any atom is -0.371 e. The van der Waals surface area contributed by atoms with Crippen LogP contribution in [0.25, 0.3) is 0 Å². The number of amides is 1. The maximum absolute atomic E-state index is 11.5. The van der Waals surface area contributed by atoms with Gasteiger partial charge in [0.1, 0.15) is 0 Å². The molecular formula is C15H20N2O3. The summed E-state index contributed by atoms with van der Waals surface area (Å²) in [6.07, 6.45) is 2.73. The molecule has 2 aliphatic rings. The van der Waals surface area contributed by atoms with Crippen molar-refractivity contribution in [3.8, 4) is 0 Å². The van der Waals surface area contributed by atoms with Crippen LogP contribution in [0.3, 0.4) is 0 Å². The first-order valence-corrected chi connectivity index (χ1v) is 7.15. The first-order chi connectivity index (χ1) is 9.75. The van der Waals surface area contributed by atoms with Crippen molar-refractivity contribution in [1.82, 2.24) is 0 Å². The van der Waals surface area contributed by atoms with Crippen LogP contribution in [-0.2, 0) is 15.9 Å². The van der Waals surface area contributed by atoms with Crippen LogP contribution >= 0.6 is 0 Å². The van der Waals surface area contributed by atoms with E-state index in [4.69, 9.17) is 15.2 Å². The molecule has 0 saturated carbocycles. The fourth-order valence-electron chi connectivity index (χ4n) is 3.00. The molecule has 1 amide bonds. The van der Waals surface area contributed by atoms with Gasteiger partial charge in [0.05, 0.1) is 13.2 Å². The molecule has 0 atom stereocenters. The molecule has 5 heteroatoms. The molecule has 108 valence electrons. The Labute approximate surface area is 118 Å². The summed E-state index contributed by atoms with van der Waals surface area (Å²) in [6, 6.07) is 5.78. The van der Waals surface area contributed by atoms with Crippen molar-refractivity contribution in [2.45, 2.75) is 25.6 Å². The highest BCUT2D eigenvalue weighted by Crippen LogP contribution is 2.30. The highest BCUT2D eigenvalue weighted by atomic mass is 16.7. The van der Waals surface area contributed by atoms with Gasteiger partial charge in [-0.3, -0.25) is 4.79 Å². The van der Waals surface area contributed by atoms with E-state index in [2.05, 4.69) is 11.0 Å². The summed E-state index contributed by atoms with van der Waals surface area (Å²) in [4.78, 5) is 13.8. The summed E-state index contributed by atoms with van der Waals surface area (Å²) in [6.45, 7) is 3.25. The van der Waals surface area contributed by atoms with Gasteiger partial charge in [-0.2, -0.15) is 0 Å². The van der Waals surface area contributed by atoms with Crippen LogP contribution in [0.1, 0.15) is 28.8 Å². The number of carbonyl (C=O) groups excluding carboxylic acids is 1. The van der Waals surface area contributed by atoms with E-state index in [0.29, 0.717) is 18.8 Å². The quantitative estimate of drug-likeness (QED) is 0.900. The molecule has 3 rings (SSSR count). The lowest BCUT2D eigenvalue weighted by atomic mass is 9.96. The predicted molar refractivity (Wildman–Crippen MR) is 75.8 cm³/mol. The summed E-state index contributed by atoms with van der Waals surface area (Å²) in [5, 5.41) is 0. The Bertz CT molecular complexity index is 498. The maximum atomic E-state index is 11.5. The molecule has 0 spiro atoms. The molecule has 5 nitrogen and oxygen atoms in total. The van der Waals surface area contributed by atoms with Crippen LogP contribution in [-0.4, -0.2) is 38.5 Å². The van der Waals surface area contributed by atoms with Gasteiger partial charge in [0, 0.05) is 30.8 Å². The van der Waals surface area contributed by atoms with Gasteiger partial charge in [-0.1, -0.05) is 6.07 Å². The third-order valence-electron chi connectivity index (χ3n) is 3.94. The minimum absolute atomic E-state index is 0.0836. The van der Waals surface area contributed by atoms with E-state index in [1.165, 1.54) is 0 Å². The lowest BCUT2D eigenvalue weighted by Gasteiger charge is -2.32. The molecule has 1 fully saturated rings. The fraction of sp³-hybridized carbons (Fsp3) is 0.533. The zero-order valence-corrected chi connectivity index (χ0v) is 11.5. The zero-order valence-electron chi connectivity index (χ0n) is 11.5. The van der Waals surface area contributed by atoms with Gasteiger partial charge in [-0.25, -0.2) is 0 Å². The highest BCUT2D eigenvalue weighted by Gasteiger charge is 2.23. The monoisotopic (exact) mass is 276 g/mol. The van der Waals surface area contributed by atoms with E-state index in [1.807, 2.05) is 12.1 Å². The number of hydrogen-bond donors (Lipinski definition) is 1. The SMILES string of the molecule is NC(=O)c1cccc2c1CCCN2CCC1OCCO1. The standard InChI is InChI=1S/C15H20N2O3/c16-15(18)12-3-1-5-13-11(12)4-2-7-17(13)8-6-14-19-9-10-20-14/h1,3,5,14H,2,4,6-10H2,(H2,16,18). The number of primary amides is 1. The second kappa shape index (κ2) is 5.81. The van der Waals surface area contributed by atoms with Crippen molar-refractivity contribution in [1.29, 1.82) is 0 Å². The third kappa shape index (κ3) is 2.64. The Morgan fingerprint density at radius 3 is 2.90 bits per heavy atom. The minimum atomic E-state index is -0.342. The summed E-state index contributed by atoms with van der Waals surface area (Å²) < 4.78 is 10.9. The van der Waals surface area contributed by atoms with Gasteiger partial charge < -0.3 is 20.1 Å². The smallest absolute Gasteiger partial charge is 0.249 e. The van der Waals surface area contributed by atoms with Crippen LogP contribution < -0.4 is 10.6 Å². The Morgan fingerprint density at radius 1 is 1.35 bits per heavy atom. The molecule has 2 N–H and O–H groups in total. The summed E-state index contributed by atoms with van der Waals surface area (Å²) in [7, 11) is 0. The number of benzene rings is 1. The molecule has 0 unspecified atom stereocenters. The van der Waals surface area contributed by atoms with Gasteiger partial charge in [-0.05, 0) is 30.5 Å². The van der Waals surface area contributed by atoms with Gasteiger partial charge in [-0.15, -0.1) is 0 Å². The van der Waals surface area contributed by atoms with Gasteiger partial charge in [0.25, 0.3) is 0 Å². The average molecular weight is 276 g/mol. The topological polar surface area (TPSA) is 64.8 Å². The van der Waals surface area contributed by atoms with E-state index in [-0.39, 0.29) is 12.2 Å². The third-order valence-corrected chi connectivity index (χ3v) is 3.94. The second-order valence-electron chi connectivity index (χ2n) is 5.22. The first-order valence-electron chi connectivity index (χ1n) is 7.15. The van der Waals surface area contributed by atoms with Crippen molar-refractivity contribution in [3.63, 3.8) is 0 Å². The Balaban J connectivity index is 1.75. The first kappa shape index (κ1) is 13.4. The largest absolute Gasteiger partial charge is 0.371 e. The zero-order chi connectivity index (χ0) is 13.9. The van der Waals surface area contributed by atoms with Crippen molar-refractivity contribution in [2.75, 3.05) is 31.2 Å². The average Bonchev–Trinajstić information content (AvgIpc) is 2.97. The number of fused-ring (bicyclic) bond motifs is 1. The summed E-state index contributed by atoms with van der Waals surface area (Å²) >= 11 is 0. The molecule has 1 saturated heterocycles. The van der Waals surface area contributed by atoms with Gasteiger partial charge >= 0.3 is 0 Å². The number of nitrogens with two attached hydrogens (primary N) is 1. The second-order valence-corrected chi connectivity index (χ2v) is 5.22. The van der Waals surface area contributed by atoms with Gasteiger partial charge in [0.2, 0.25) is 5.91 Å². The maximum Gasteiger partial charge on any atom is 0.249 e. The van der Waals surface area contributed by atoms with E-state index < -0.39 is 0 Å². The van der Waals surface area contributed by atoms with Crippen molar-refractivity contribution >= 4 is 11.6 Å². The lowest BCUT2D eigenvalue weighted by molar-refractivity contribution is -0.0449. The lowest BCUT2D eigenvalue weighted by Crippen LogP contribution is -2.33. The van der Waals surface area contributed by atoms with Crippen LogP contribution in [0.15, 0.2) is 18.2 Å². The number of nitrogens with zero attached hydrogens (tertiary/aromatic N) is 1. The molecule has 20 heavy (non-hydrogen) atoms. The fourth-order valence-corrected chi connectivity index (χ4v) is 3.00. The summed E-state index contributed by atoms with van der Waals surface area (Å²) in [5.41, 5.74) is 8.33. The van der Waals surface area contributed by atoms with E-state index in [0.717, 1.165) is 43.6 Å². The van der Waals surface area contributed by atoms with E-state index >= 15 is 0 Å². The molecule has 0 bridgehead atoms. The number of carbonyl (C=O) groups is 1. The van der Waals surface area contributed by atoms with Crippen LogP contribution in [0.5, 0.6) is 0 Å². The predicted octanol–water partition coefficient (Wildman–Crippen LogP) is 1.30. The number of ether oxygens (including phenoxy) is 2. The van der Waals surface area contributed by atoms with Crippen molar-refractivity contribution in [3.05, 3.63) is 29.3 Å². The van der Waals surface area contributed by atoms with Crippen molar-refractivity contribution in [2.24, 2.45) is 5.73 Å². The van der Waals surface area contributed by atoms with Crippen LogP contribution in [0.2, 0.25) is 0 Å². The highest BCUT2D eigenvalue weighted by molar-refractivity contribution is 5.96. The molecule has 0 aromatic heterocycles. The molecule has 1 aromatic carbocycles. The molecule has 1 aromatic rings. The molecule has 2 aliphatic heterocycles. The Morgan fingerprint density at radius 2 is 2.15 bits per heavy atom. The van der Waals surface area contributed by atoms with Gasteiger partial charge in [0.15, 0.2) is 6.29 Å². The van der Waals surface area contributed by atoms with Crippen LogP contribution in [0, 0.1) is 0 Å². The van der Waals surface area contributed by atoms with E-state index in [1.54, 1.807) is 0 Å². The summed E-state index contributed by atoms with van der Waals surface area (Å²) in [5.74, 6) is -0.342. The number of hydrogen-bond acceptors (Lipinski definition) is 4. The van der Waals surface area contributed by atoms with Crippen LogP contribution in [0.4, 0.5) is 5.69 Å². The Kier molecular flexibility index (Phi) is 3.89.